The van der Waals surface area contributed by atoms with E-state index in [1.54, 1.807) is 0 Å². The molecule has 0 spiro atoms. The summed E-state index contributed by atoms with van der Waals surface area (Å²) in [5.41, 5.74) is 5.44. The summed E-state index contributed by atoms with van der Waals surface area (Å²) in [7, 11) is 0. The summed E-state index contributed by atoms with van der Waals surface area (Å²) in [4.78, 5) is 0. The SMILES string of the molecule is c1cc2c(c(CNC3CCOc4ccccc43)c1)NCC2. The van der Waals surface area contributed by atoms with E-state index in [1.165, 1.54) is 22.4 Å². The molecule has 1 atom stereocenters. The van der Waals surface area contributed by atoms with Gasteiger partial charge >= 0.3 is 0 Å². The molecule has 2 aromatic rings. The van der Waals surface area contributed by atoms with Crippen molar-refractivity contribution in [3.63, 3.8) is 0 Å². The van der Waals surface area contributed by atoms with Gasteiger partial charge in [0, 0.05) is 36.8 Å². The molecule has 0 bridgehead atoms. The summed E-state index contributed by atoms with van der Waals surface area (Å²) >= 11 is 0. The van der Waals surface area contributed by atoms with E-state index in [0.717, 1.165) is 38.3 Å². The van der Waals surface area contributed by atoms with E-state index in [9.17, 15) is 0 Å². The Kier molecular flexibility index (Phi) is 3.28. The largest absolute Gasteiger partial charge is 0.493 e. The maximum atomic E-state index is 5.73. The molecular formula is C18H20N2O. The average molecular weight is 280 g/mol. The molecule has 3 nitrogen and oxygen atoms in total. The summed E-state index contributed by atoms with van der Waals surface area (Å²) in [5.74, 6) is 1.03. The fraction of sp³-hybridized carbons (Fsp3) is 0.333. The van der Waals surface area contributed by atoms with Gasteiger partial charge in [-0.3, -0.25) is 0 Å². The molecule has 0 saturated carbocycles. The van der Waals surface area contributed by atoms with Crippen LogP contribution in [0.15, 0.2) is 42.5 Å². The summed E-state index contributed by atoms with van der Waals surface area (Å²) in [6.07, 6.45) is 2.17. The van der Waals surface area contributed by atoms with Gasteiger partial charge in [-0.25, -0.2) is 0 Å². The van der Waals surface area contributed by atoms with Crippen LogP contribution in [0.3, 0.4) is 0 Å². The van der Waals surface area contributed by atoms with Crippen LogP contribution < -0.4 is 15.4 Å². The van der Waals surface area contributed by atoms with E-state index in [0.29, 0.717) is 6.04 Å². The molecule has 108 valence electrons. The minimum absolute atomic E-state index is 0.382. The number of hydrogen-bond donors (Lipinski definition) is 2. The van der Waals surface area contributed by atoms with Crippen LogP contribution in [0.25, 0.3) is 0 Å². The fourth-order valence-electron chi connectivity index (χ4n) is 3.35. The van der Waals surface area contributed by atoms with Crippen LogP contribution in [-0.2, 0) is 13.0 Å². The molecule has 1 unspecified atom stereocenters. The van der Waals surface area contributed by atoms with Crippen molar-refractivity contribution >= 4 is 5.69 Å². The van der Waals surface area contributed by atoms with Gasteiger partial charge in [0.2, 0.25) is 0 Å². The molecule has 3 heteroatoms. The van der Waals surface area contributed by atoms with Gasteiger partial charge in [0.15, 0.2) is 0 Å². The molecule has 21 heavy (non-hydrogen) atoms. The van der Waals surface area contributed by atoms with Crippen molar-refractivity contribution in [3.05, 3.63) is 59.2 Å². The van der Waals surface area contributed by atoms with Crippen LogP contribution in [0, 0.1) is 0 Å². The lowest BCUT2D eigenvalue weighted by atomic mass is 10.00. The first kappa shape index (κ1) is 12.7. The predicted octanol–water partition coefficient (Wildman–Crippen LogP) is 3.27. The van der Waals surface area contributed by atoms with E-state index < -0.39 is 0 Å². The standard InChI is InChI=1S/C18H20N2O/c1-2-7-17-15(6-1)16(9-11-21-17)20-12-14-5-3-4-13-8-10-19-18(13)14/h1-7,16,19-20H,8-12H2. The normalized spacial score (nSPS) is 19.3. The molecule has 0 amide bonds. The van der Waals surface area contributed by atoms with Crippen LogP contribution in [-0.4, -0.2) is 13.2 Å². The smallest absolute Gasteiger partial charge is 0.124 e. The monoisotopic (exact) mass is 280 g/mol. The molecule has 2 N–H and O–H groups in total. The minimum atomic E-state index is 0.382. The summed E-state index contributed by atoms with van der Waals surface area (Å²) in [6.45, 7) is 2.75. The van der Waals surface area contributed by atoms with Crippen LogP contribution >= 0.6 is 0 Å². The molecule has 0 radical (unpaired) electrons. The van der Waals surface area contributed by atoms with Gasteiger partial charge in [0.05, 0.1) is 6.61 Å². The predicted molar refractivity (Wildman–Crippen MR) is 84.8 cm³/mol. The molecular weight excluding hydrogens is 260 g/mol. The van der Waals surface area contributed by atoms with Crippen molar-refractivity contribution < 1.29 is 4.74 Å². The van der Waals surface area contributed by atoms with E-state index in [-0.39, 0.29) is 0 Å². The van der Waals surface area contributed by atoms with Gasteiger partial charge in [0.25, 0.3) is 0 Å². The first-order valence-electron chi connectivity index (χ1n) is 7.71. The van der Waals surface area contributed by atoms with Gasteiger partial charge in [-0.2, -0.15) is 0 Å². The topological polar surface area (TPSA) is 33.3 Å². The average Bonchev–Trinajstić information content (AvgIpc) is 3.02. The molecule has 0 aromatic heterocycles. The summed E-state index contributed by atoms with van der Waals surface area (Å²) < 4.78 is 5.73. The number of hydrogen-bond acceptors (Lipinski definition) is 3. The quantitative estimate of drug-likeness (QED) is 0.905. The molecule has 0 saturated heterocycles. The second-order valence-corrected chi connectivity index (χ2v) is 5.74. The Morgan fingerprint density at radius 2 is 2.10 bits per heavy atom. The summed E-state index contributed by atoms with van der Waals surface area (Å²) in [6, 6.07) is 15.3. The fourth-order valence-corrected chi connectivity index (χ4v) is 3.35. The third kappa shape index (κ3) is 2.38. The lowest BCUT2D eigenvalue weighted by molar-refractivity contribution is 0.252. The number of benzene rings is 2. The Balaban J connectivity index is 1.52. The number of para-hydroxylation sites is 2. The third-order valence-electron chi connectivity index (χ3n) is 4.43. The second-order valence-electron chi connectivity index (χ2n) is 5.74. The summed E-state index contributed by atoms with van der Waals surface area (Å²) in [5, 5.41) is 7.21. The number of anilines is 1. The Hall–Kier alpha value is -2.00. The molecule has 0 fully saturated rings. The lowest BCUT2D eigenvalue weighted by Crippen LogP contribution is -2.27. The lowest BCUT2D eigenvalue weighted by Gasteiger charge is -2.27. The molecule has 2 aliphatic heterocycles. The number of nitrogens with one attached hydrogen (secondary N) is 2. The van der Waals surface area contributed by atoms with Gasteiger partial charge in [0.1, 0.15) is 5.75 Å². The molecule has 2 heterocycles. The van der Waals surface area contributed by atoms with E-state index in [2.05, 4.69) is 47.0 Å². The van der Waals surface area contributed by atoms with Crippen molar-refractivity contribution in [2.45, 2.75) is 25.4 Å². The zero-order valence-corrected chi connectivity index (χ0v) is 12.1. The van der Waals surface area contributed by atoms with Crippen molar-refractivity contribution in [2.75, 3.05) is 18.5 Å². The molecule has 2 aromatic carbocycles. The van der Waals surface area contributed by atoms with Gasteiger partial charge < -0.3 is 15.4 Å². The Bertz CT molecular complexity index is 653. The molecule has 0 aliphatic carbocycles. The number of fused-ring (bicyclic) bond motifs is 2. The maximum Gasteiger partial charge on any atom is 0.124 e. The van der Waals surface area contributed by atoms with E-state index in [4.69, 9.17) is 4.74 Å². The van der Waals surface area contributed by atoms with E-state index >= 15 is 0 Å². The van der Waals surface area contributed by atoms with Crippen molar-refractivity contribution in [3.8, 4) is 5.75 Å². The van der Waals surface area contributed by atoms with Crippen LogP contribution in [0.2, 0.25) is 0 Å². The first-order chi connectivity index (χ1) is 10.4. The third-order valence-corrected chi connectivity index (χ3v) is 4.43. The van der Waals surface area contributed by atoms with Gasteiger partial charge in [-0.05, 0) is 23.6 Å². The number of rotatable bonds is 3. The zero-order chi connectivity index (χ0) is 14.1. The van der Waals surface area contributed by atoms with Crippen LogP contribution in [0.1, 0.15) is 29.2 Å². The van der Waals surface area contributed by atoms with E-state index in [1.807, 2.05) is 6.07 Å². The highest BCUT2D eigenvalue weighted by molar-refractivity contribution is 5.61. The van der Waals surface area contributed by atoms with Crippen LogP contribution in [0.4, 0.5) is 5.69 Å². The Morgan fingerprint density at radius 3 is 3.10 bits per heavy atom. The van der Waals surface area contributed by atoms with Gasteiger partial charge in [-0.1, -0.05) is 36.4 Å². The minimum Gasteiger partial charge on any atom is -0.493 e. The highest BCUT2D eigenvalue weighted by Gasteiger charge is 2.21. The van der Waals surface area contributed by atoms with Crippen molar-refractivity contribution in [1.82, 2.24) is 5.32 Å². The Morgan fingerprint density at radius 1 is 1.14 bits per heavy atom. The van der Waals surface area contributed by atoms with Gasteiger partial charge in [-0.15, -0.1) is 0 Å². The maximum absolute atomic E-state index is 5.73. The van der Waals surface area contributed by atoms with Crippen molar-refractivity contribution in [2.24, 2.45) is 0 Å². The molecule has 4 rings (SSSR count). The molecule has 2 aliphatic rings. The second kappa shape index (κ2) is 5.41. The highest BCUT2D eigenvalue weighted by Crippen LogP contribution is 2.32. The first-order valence-corrected chi connectivity index (χ1v) is 7.71. The zero-order valence-electron chi connectivity index (χ0n) is 12.1. The number of ether oxygens (including phenoxy) is 1. The van der Waals surface area contributed by atoms with Crippen molar-refractivity contribution in [1.29, 1.82) is 0 Å². The Labute approximate surface area is 125 Å². The highest BCUT2D eigenvalue weighted by atomic mass is 16.5. The van der Waals surface area contributed by atoms with Crippen LogP contribution in [0.5, 0.6) is 5.75 Å².